The molecule has 2 aromatic rings. The molecule has 1 aromatic heterocycles. The van der Waals surface area contributed by atoms with Crippen molar-refractivity contribution in [3.8, 4) is 11.5 Å². The molecular formula is C18H19NO4S. The number of Topliss-reactive ketones (excluding diaryl/α,β-unsaturated/α-hetero) is 1. The van der Waals surface area contributed by atoms with E-state index in [2.05, 4.69) is 5.32 Å². The van der Waals surface area contributed by atoms with Gasteiger partial charge in [-0.3, -0.25) is 9.59 Å². The largest absolute Gasteiger partial charge is 0.486 e. The van der Waals surface area contributed by atoms with Gasteiger partial charge >= 0.3 is 0 Å². The molecule has 24 heavy (non-hydrogen) atoms. The van der Waals surface area contributed by atoms with Crippen LogP contribution in [0, 0.1) is 0 Å². The first-order valence-electron chi connectivity index (χ1n) is 7.89. The van der Waals surface area contributed by atoms with E-state index in [0.29, 0.717) is 30.3 Å². The maximum atomic E-state index is 12.3. The van der Waals surface area contributed by atoms with Crippen LogP contribution in [0.15, 0.2) is 35.7 Å². The van der Waals surface area contributed by atoms with E-state index in [-0.39, 0.29) is 30.6 Å². The van der Waals surface area contributed by atoms with Gasteiger partial charge in [-0.25, -0.2) is 0 Å². The number of ether oxygens (including phenoxy) is 2. The molecule has 126 valence electrons. The molecule has 1 aromatic carbocycles. The molecule has 0 saturated carbocycles. The molecule has 1 N–H and O–H groups in total. The zero-order valence-electron chi connectivity index (χ0n) is 13.4. The Balaban J connectivity index is 1.52. The molecule has 5 nitrogen and oxygen atoms in total. The van der Waals surface area contributed by atoms with Gasteiger partial charge in [0.15, 0.2) is 17.3 Å². The summed E-state index contributed by atoms with van der Waals surface area (Å²) in [5.74, 6) is 1.04. The average molecular weight is 345 g/mol. The lowest BCUT2D eigenvalue weighted by Crippen LogP contribution is -2.26. The first-order chi connectivity index (χ1) is 11.6. The predicted molar refractivity (Wildman–Crippen MR) is 91.9 cm³/mol. The molecule has 3 rings (SSSR count). The summed E-state index contributed by atoms with van der Waals surface area (Å²) in [7, 11) is 0. The summed E-state index contributed by atoms with van der Waals surface area (Å²) in [5, 5.41) is 4.89. The number of carbonyl (C=O) groups is 2. The number of amides is 1. The number of benzene rings is 1. The van der Waals surface area contributed by atoms with Gasteiger partial charge in [-0.1, -0.05) is 6.07 Å². The van der Waals surface area contributed by atoms with Crippen LogP contribution in [-0.4, -0.2) is 24.9 Å². The number of nitrogens with one attached hydrogen (secondary N) is 1. The number of hydrogen-bond donors (Lipinski definition) is 1. The van der Waals surface area contributed by atoms with Gasteiger partial charge in [0.1, 0.15) is 13.2 Å². The van der Waals surface area contributed by atoms with Crippen molar-refractivity contribution in [1.82, 2.24) is 5.32 Å². The Hall–Kier alpha value is -2.34. The fourth-order valence-electron chi connectivity index (χ4n) is 2.51. The van der Waals surface area contributed by atoms with Crippen LogP contribution >= 0.6 is 11.3 Å². The van der Waals surface area contributed by atoms with E-state index in [9.17, 15) is 9.59 Å². The van der Waals surface area contributed by atoms with E-state index in [1.165, 1.54) is 0 Å². The number of carbonyl (C=O) groups excluding carboxylic acids is 2. The average Bonchev–Trinajstić information content (AvgIpc) is 3.14. The van der Waals surface area contributed by atoms with Crippen molar-refractivity contribution >= 4 is 23.0 Å². The number of hydrogen-bond acceptors (Lipinski definition) is 5. The third-order valence-electron chi connectivity index (χ3n) is 3.79. The monoisotopic (exact) mass is 345 g/mol. The Morgan fingerprint density at radius 2 is 1.96 bits per heavy atom. The third kappa shape index (κ3) is 3.94. The Morgan fingerprint density at radius 1 is 1.17 bits per heavy atom. The molecule has 1 amide bonds. The first-order valence-corrected chi connectivity index (χ1v) is 8.77. The van der Waals surface area contributed by atoms with Crippen LogP contribution in [0.4, 0.5) is 0 Å². The van der Waals surface area contributed by atoms with Crippen molar-refractivity contribution in [3.63, 3.8) is 0 Å². The normalized spacial score (nSPS) is 14.0. The standard InChI is InChI=1S/C18H19NO4S/c1-12(17-3-2-10-24-17)19-18(21)7-5-14(20)13-4-6-15-16(11-13)23-9-8-22-15/h2-4,6,10-12H,5,7-9H2,1H3,(H,19,21). The van der Waals surface area contributed by atoms with Crippen molar-refractivity contribution in [2.24, 2.45) is 0 Å². The van der Waals surface area contributed by atoms with Crippen molar-refractivity contribution in [2.45, 2.75) is 25.8 Å². The second-order valence-electron chi connectivity index (χ2n) is 5.59. The molecule has 1 atom stereocenters. The highest BCUT2D eigenvalue weighted by molar-refractivity contribution is 7.10. The molecule has 1 unspecified atom stereocenters. The Morgan fingerprint density at radius 3 is 2.71 bits per heavy atom. The fraction of sp³-hybridized carbons (Fsp3) is 0.333. The highest BCUT2D eigenvalue weighted by Crippen LogP contribution is 2.31. The second-order valence-corrected chi connectivity index (χ2v) is 6.57. The molecule has 0 radical (unpaired) electrons. The van der Waals surface area contributed by atoms with Crippen LogP contribution in [0.3, 0.4) is 0 Å². The van der Waals surface area contributed by atoms with Gasteiger partial charge in [0, 0.05) is 23.3 Å². The fourth-order valence-corrected chi connectivity index (χ4v) is 3.25. The molecule has 0 bridgehead atoms. The summed E-state index contributed by atoms with van der Waals surface area (Å²) in [5.41, 5.74) is 0.540. The number of ketones is 1. The zero-order chi connectivity index (χ0) is 16.9. The van der Waals surface area contributed by atoms with Crippen molar-refractivity contribution in [1.29, 1.82) is 0 Å². The van der Waals surface area contributed by atoms with Crippen LogP contribution in [0.1, 0.15) is 41.0 Å². The van der Waals surface area contributed by atoms with Crippen molar-refractivity contribution < 1.29 is 19.1 Å². The van der Waals surface area contributed by atoms with Crippen LogP contribution < -0.4 is 14.8 Å². The summed E-state index contributed by atoms with van der Waals surface area (Å²) in [4.78, 5) is 25.4. The molecule has 2 heterocycles. The third-order valence-corrected chi connectivity index (χ3v) is 4.85. The van der Waals surface area contributed by atoms with Crippen LogP contribution in [0.25, 0.3) is 0 Å². The van der Waals surface area contributed by atoms with E-state index < -0.39 is 0 Å². The number of thiophene rings is 1. The molecular weight excluding hydrogens is 326 g/mol. The van der Waals surface area contributed by atoms with Gasteiger partial charge < -0.3 is 14.8 Å². The number of rotatable bonds is 6. The van der Waals surface area contributed by atoms with Gasteiger partial charge in [0.25, 0.3) is 0 Å². The minimum atomic E-state index is -0.123. The van der Waals surface area contributed by atoms with Gasteiger partial charge in [0.05, 0.1) is 6.04 Å². The zero-order valence-corrected chi connectivity index (χ0v) is 14.2. The van der Waals surface area contributed by atoms with Crippen LogP contribution in [0.5, 0.6) is 11.5 Å². The topological polar surface area (TPSA) is 64.6 Å². The van der Waals surface area contributed by atoms with Crippen molar-refractivity contribution in [2.75, 3.05) is 13.2 Å². The Kier molecular flexibility index (Phi) is 5.15. The Labute approximate surface area is 144 Å². The van der Waals surface area contributed by atoms with Gasteiger partial charge in [-0.15, -0.1) is 11.3 Å². The van der Waals surface area contributed by atoms with E-state index in [0.717, 1.165) is 4.88 Å². The van der Waals surface area contributed by atoms with E-state index in [1.807, 2.05) is 24.4 Å². The van der Waals surface area contributed by atoms with Gasteiger partial charge in [0.2, 0.25) is 5.91 Å². The molecule has 1 aliphatic rings. The highest BCUT2D eigenvalue weighted by atomic mass is 32.1. The minimum absolute atomic E-state index is 0.0399. The van der Waals surface area contributed by atoms with E-state index >= 15 is 0 Å². The lowest BCUT2D eigenvalue weighted by atomic mass is 10.1. The molecule has 0 saturated heterocycles. The van der Waals surface area contributed by atoms with Gasteiger partial charge in [-0.05, 0) is 36.6 Å². The highest BCUT2D eigenvalue weighted by Gasteiger charge is 2.16. The molecule has 0 spiro atoms. The summed E-state index contributed by atoms with van der Waals surface area (Å²) in [6, 6.07) is 9.03. The summed E-state index contributed by atoms with van der Waals surface area (Å²) < 4.78 is 10.9. The van der Waals surface area contributed by atoms with Crippen molar-refractivity contribution in [3.05, 3.63) is 46.2 Å². The minimum Gasteiger partial charge on any atom is -0.486 e. The SMILES string of the molecule is CC(NC(=O)CCC(=O)c1ccc2c(c1)OCCO2)c1cccs1. The van der Waals surface area contributed by atoms with E-state index in [1.54, 1.807) is 29.5 Å². The smallest absolute Gasteiger partial charge is 0.220 e. The molecule has 6 heteroatoms. The molecule has 0 fully saturated rings. The second kappa shape index (κ2) is 7.49. The lowest BCUT2D eigenvalue weighted by Gasteiger charge is -2.18. The summed E-state index contributed by atoms with van der Waals surface area (Å²) in [6.07, 6.45) is 0.339. The summed E-state index contributed by atoms with van der Waals surface area (Å²) in [6.45, 7) is 2.93. The lowest BCUT2D eigenvalue weighted by molar-refractivity contribution is -0.121. The van der Waals surface area contributed by atoms with Crippen LogP contribution in [0.2, 0.25) is 0 Å². The molecule has 1 aliphatic heterocycles. The molecule has 0 aliphatic carbocycles. The van der Waals surface area contributed by atoms with Gasteiger partial charge in [-0.2, -0.15) is 0 Å². The maximum absolute atomic E-state index is 12.3. The predicted octanol–water partition coefficient (Wildman–Crippen LogP) is 3.36. The first kappa shape index (κ1) is 16.5. The van der Waals surface area contributed by atoms with Crippen LogP contribution in [-0.2, 0) is 4.79 Å². The summed E-state index contributed by atoms with van der Waals surface area (Å²) >= 11 is 1.60. The quantitative estimate of drug-likeness (QED) is 0.816. The number of fused-ring (bicyclic) bond motifs is 1. The van der Waals surface area contributed by atoms with E-state index in [4.69, 9.17) is 9.47 Å². The Bertz CT molecular complexity index is 727. The maximum Gasteiger partial charge on any atom is 0.220 e.